The molecule has 3 aliphatic heterocycles. The number of carbonyl (C=O) groups excluding carboxylic acids is 1. The fraction of sp³-hybridized carbons (Fsp3) is 0.611. The summed E-state index contributed by atoms with van der Waals surface area (Å²) in [7, 11) is 0. The largest absolute Gasteiger partial charge is 0.486 e. The van der Waals surface area contributed by atoms with E-state index in [1.807, 2.05) is 23.1 Å². The van der Waals surface area contributed by atoms with Crippen LogP contribution in [0.3, 0.4) is 0 Å². The van der Waals surface area contributed by atoms with Crippen LogP contribution in [0.5, 0.6) is 11.5 Å². The normalized spacial score (nSPS) is 22.3. The van der Waals surface area contributed by atoms with Crippen LogP contribution in [-0.4, -0.2) is 50.2 Å². The predicted molar refractivity (Wildman–Crippen MR) is 86.9 cm³/mol. The van der Waals surface area contributed by atoms with Crippen LogP contribution in [0.2, 0.25) is 0 Å². The monoisotopic (exact) mass is 316 g/mol. The van der Waals surface area contributed by atoms with Gasteiger partial charge in [0.05, 0.1) is 6.42 Å². The van der Waals surface area contributed by atoms with Gasteiger partial charge < -0.3 is 19.7 Å². The number of likely N-dealkylation sites (tertiary alicyclic amines) is 1. The van der Waals surface area contributed by atoms with E-state index >= 15 is 0 Å². The van der Waals surface area contributed by atoms with Crippen LogP contribution in [-0.2, 0) is 11.2 Å². The van der Waals surface area contributed by atoms with Gasteiger partial charge in [0.1, 0.15) is 13.2 Å². The van der Waals surface area contributed by atoms with Crippen LogP contribution in [0.15, 0.2) is 18.2 Å². The van der Waals surface area contributed by atoms with Gasteiger partial charge in [0, 0.05) is 19.6 Å². The summed E-state index contributed by atoms with van der Waals surface area (Å²) in [6.45, 7) is 5.21. The Balaban J connectivity index is 1.37. The Kier molecular flexibility index (Phi) is 3.89. The molecule has 2 fully saturated rings. The van der Waals surface area contributed by atoms with Gasteiger partial charge in [0.15, 0.2) is 11.5 Å². The van der Waals surface area contributed by atoms with Gasteiger partial charge in [-0.1, -0.05) is 6.07 Å². The summed E-state index contributed by atoms with van der Waals surface area (Å²) < 4.78 is 11.1. The molecule has 5 nitrogen and oxygen atoms in total. The average Bonchev–Trinajstić information content (AvgIpc) is 3.03. The molecule has 124 valence electrons. The number of hydrogen-bond donors (Lipinski definition) is 1. The molecule has 0 bridgehead atoms. The van der Waals surface area contributed by atoms with E-state index in [9.17, 15) is 4.79 Å². The van der Waals surface area contributed by atoms with E-state index in [0.717, 1.165) is 56.1 Å². The molecule has 0 saturated carbocycles. The zero-order valence-electron chi connectivity index (χ0n) is 13.5. The molecule has 1 spiro atoms. The second-order valence-electron chi connectivity index (χ2n) is 6.96. The number of hydrogen-bond acceptors (Lipinski definition) is 4. The highest BCUT2D eigenvalue weighted by atomic mass is 16.6. The first kappa shape index (κ1) is 14.8. The van der Waals surface area contributed by atoms with Crippen LogP contribution in [0.1, 0.15) is 24.8 Å². The molecule has 0 aliphatic carbocycles. The summed E-state index contributed by atoms with van der Waals surface area (Å²) in [4.78, 5) is 14.6. The molecule has 1 amide bonds. The summed E-state index contributed by atoms with van der Waals surface area (Å²) in [5, 5.41) is 3.47. The van der Waals surface area contributed by atoms with Crippen molar-refractivity contribution in [2.75, 3.05) is 39.4 Å². The van der Waals surface area contributed by atoms with E-state index in [1.165, 1.54) is 6.42 Å². The van der Waals surface area contributed by atoms with Gasteiger partial charge in [-0.3, -0.25) is 4.79 Å². The molecule has 0 aromatic heterocycles. The number of rotatable bonds is 2. The van der Waals surface area contributed by atoms with Gasteiger partial charge in [0.25, 0.3) is 0 Å². The summed E-state index contributed by atoms with van der Waals surface area (Å²) in [6.07, 6.45) is 3.97. The highest BCUT2D eigenvalue weighted by Crippen LogP contribution is 2.37. The molecule has 5 heteroatoms. The molecule has 1 aromatic carbocycles. The Hall–Kier alpha value is -1.75. The third kappa shape index (κ3) is 3.02. The third-order valence-electron chi connectivity index (χ3n) is 5.47. The number of benzene rings is 1. The summed E-state index contributed by atoms with van der Waals surface area (Å²) in [5.74, 6) is 1.76. The van der Waals surface area contributed by atoms with E-state index in [1.54, 1.807) is 0 Å². The maximum Gasteiger partial charge on any atom is 0.226 e. The number of amides is 1. The topological polar surface area (TPSA) is 50.8 Å². The van der Waals surface area contributed by atoms with Crippen molar-refractivity contribution in [3.05, 3.63) is 23.8 Å². The standard InChI is InChI=1S/C18H24N2O3/c21-17(20-7-4-18(5-8-20)3-6-19-13-18)12-14-1-2-15-16(11-14)23-10-9-22-15/h1-2,11,19H,3-10,12-13H2. The van der Waals surface area contributed by atoms with Gasteiger partial charge in [-0.15, -0.1) is 0 Å². The molecular weight excluding hydrogens is 292 g/mol. The van der Waals surface area contributed by atoms with Gasteiger partial charge in [0.2, 0.25) is 5.91 Å². The van der Waals surface area contributed by atoms with Crippen LogP contribution in [0.25, 0.3) is 0 Å². The van der Waals surface area contributed by atoms with Gasteiger partial charge in [-0.05, 0) is 48.9 Å². The minimum absolute atomic E-state index is 0.225. The van der Waals surface area contributed by atoms with E-state index in [-0.39, 0.29) is 5.91 Å². The molecule has 1 aromatic rings. The molecule has 4 rings (SSSR count). The number of nitrogens with one attached hydrogen (secondary N) is 1. The van der Waals surface area contributed by atoms with Crippen molar-refractivity contribution >= 4 is 5.91 Å². The first-order valence-corrected chi connectivity index (χ1v) is 8.61. The zero-order valence-corrected chi connectivity index (χ0v) is 13.5. The quantitative estimate of drug-likeness (QED) is 0.900. The van der Waals surface area contributed by atoms with Gasteiger partial charge in [-0.2, -0.15) is 0 Å². The summed E-state index contributed by atoms with van der Waals surface area (Å²) >= 11 is 0. The Labute approximate surface area is 136 Å². The van der Waals surface area contributed by atoms with Crippen LogP contribution >= 0.6 is 0 Å². The van der Waals surface area contributed by atoms with Crippen molar-refractivity contribution in [2.45, 2.75) is 25.7 Å². The predicted octanol–water partition coefficient (Wildman–Crippen LogP) is 1.60. The van der Waals surface area contributed by atoms with E-state index in [0.29, 0.717) is 25.0 Å². The number of fused-ring (bicyclic) bond motifs is 1. The molecule has 23 heavy (non-hydrogen) atoms. The highest BCUT2D eigenvalue weighted by Gasteiger charge is 2.37. The molecule has 0 radical (unpaired) electrons. The van der Waals surface area contributed by atoms with Crippen molar-refractivity contribution in [1.29, 1.82) is 0 Å². The minimum Gasteiger partial charge on any atom is -0.486 e. The van der Waals surface area contributed by atoms with Crippen LogP contribution < -0.4 is 14.8 Å². The Morgan fingerprint density at radius 1 is 1.13 bits per heavy atom. The first-order chi connectivity index (χ1) is 11.2. The first-order valence-electron chi connectivity index (χ1n) is 8.61. The summed E-state index contributed by atoms with van der Waals surface area (Å²) in [6, 6.07) is 5.82. The minimum atomic E-state index is 0.225. The second-order valence-corrected chi connectivity index (χ2v) is 6.96. The molecular formula is C18H24N2O3. The van der Waals surface area contributed by atoms with Crippen molar-refractivity contribution in [1.82, 2.24) is 10.2 Å². The SMILES string of the molecule is O=C(Cc1ccc2c(c1)OCCO2)N1CCC2(CCNC2)CC1. The lowest BCUT2D eigenvalue weighted by atomic mass is 9.78. The lowest BCUT2D eigenvalue weighted by Gasteiger charge is -2.39. The maximum absolute atomic E-state index is 12.6. The maximum atomic E-state index is 12.6. The fourth-order valence-electron chi connectivity index (χ4n) is 3.94. The molecule has 2 saturated heterocycles. The van der Waals surface area contributed by atoms with Crippen LogP contribution in [0, 0.1) is 5.41 Å². The molecule has 3 aliphatic rings. The second kappa shape index (κ2) is 6.04. The van der Waals surface area contributed by atoms with Crippen molar-refractivity contribution in [3.8, 4) is 11.5 Å². The van der Waals surface area contributed by atoms with Crippen molar-refractivity contribution in [3.63, 3.8) is 0 Å². The van der Waals surface area contributed by atoms with E-state index < -0.39 is 0 Å². The van der Waals surface area contributed by atoms with Gasteiger partial charge >= 0.3 is 0 Å². The Bertz CT molecular complexity index is 586. The Morgan fingerprint density at radius 3 is 2.65 bits per heavy atom. The lowest BCUT2D eigenvalue weighted by Crippen LogP contribution is -2.44. The van der Waals surface area contributed by atoms with Crippen LogP contribution in [0.4, 0.5) is 0 Å². The van der Waals surface area contributed by atoms with E-state index in [4.69, 9.17) is 9.47 Å². The number of piperidine rings is 1. The van der Waals surface area contributed by atoms with Crippen molar-refractivity contribution in [2.24, 2.45) is 5.41 Å². The molecule has 3 heterocycles. The lowest BCUT2D eigenvalue weighted by molar-refractivity contribution is -0.132. The Morgan fingerprint density at radius 2 is 1.91 bits per heavy atom. The molecule has 1 N–H and O–H groups in total. The number of carbonyl (C=O) groups is 1. The molecule has 0 atom stereocenters. The summed E-state index contributed by atoms with van der Waals surface area (Å²) in [5.41, 5.74) is 1.45. The average molecular weight is 316 g/mol. The molecule has 0 unspecified atom stereocenters. The fourth-order valence-corrected chi connectivity index (χ4v) is 3.94. The zero-order chi connectivity index (χ0) is 15.7. The van der Waals surface area contributed by atoms with Gasteiger partial charge in [-0.25, -0.2) is 0 Å². The van der Waals surface area contributed by atoms with E-state index in [2.05, 4.69) is 5.32 Å². The smallest absolute Gasteiger partial charge is 0.226 e. The van der Waals surface area contributed by atoms with Crippen molar-refractivity contribution < 1.29 is 14.3 Å². The third-order valence-corrected chi connectivity index (χ3v) is 5.47. The highest BCUT2D eigenvalue weighted by molar-refractivity contribution is 5.79. The number of nitrogens with zero attached hydrogens (tertiary/aromatic N) is 1. The number of ether oxygens (including phenoxy) is 2.